The van der Waals surface area contributed by atoms with Gasteiger partial charge in [0.25, 0.3) is 0 Å². The topological polar surface area (TPSA) is 98.1 Å². The van der Waals surface area contributed by atoms with E-state index in [4.69, 9.17) is 33.7 Å². The largest absolute Gasteiger partial charge is 0.460 e. The molecule has 0 spiro atoms. The van der Waals surface area contributed by atoms with Crippen LogP contribution in [-0.4, -0.2) is 33.7 Å². The third kappa shape index (κ3) is 3.75. The molecule has 0 fully saturated rings. The number of aromatic nitrogens is 2. The number of nitrogens with two attached hydrogens (primary N) is 1. The van der Waals surface area contributed by atoms with Gasteiger partial charge < -0.3 is 15.5 Å². The van der Waals surface area contributed by atoms with Crippen LogP contribution in [0.1, 0.15) is 20.8 Å². The molecule has 3 rings (SSSR count). The molecular formula is C17H13Cl2N3O3. The van der Waals surface area contributed by atoms with E-state index in [1.54, 1.807) is 30.5 Å². The maximum Gasteiger partial charge on any atom is 0.338 e. The Morgan fingerprint density at radius 2 is 2.08 bits per heavy atom. The lowest BCUT2D eigenvalue weighted by Crippen LogP contribution is -2.23. The van der Waals surface area contributed by atoms with E-state index in [0.29, 0.717) is 21.8 Å². The van der Waals surface area contributed by atoms with Crippen molar-refractivity contribution in [2.24, 2.45) is 0 Å². The highest BCUT2D eigenvalue weighted by Crippen LogP contribution is 2.21. The van der Waals surface area contributed by atoms with Crippen molar-refractivity contribution in [3.63, 3.8) is 0 Å². The SMILES string of the molecule is Nc1c[nH]c2cc(C(=O)OCC(Cl)C(=O)c3cc(Cl)ccn3)ccc12. The number of carbonyl (C=O) groups is 2. The van der Waals surface area contributed by atoms with Crippen molar-refractivity contribution < 1.29 is 14.3 Å². The number of halogens is 2. The van der Waals surface area contributed by atoms with Crippen LogP contribution in [0.3, 0.4) is 0 Å². The molecule has 0 saturated heterocycles. The molecule has 1 atom stereocenters. The zero-order valence-electron chi connectivity index (χ0n) is 12.8. The number of ether oxygens (including phenoxy) is 1. The summed E-state index contributed by atoms with van der Waals surface area (Å²) in [4.78, 5) is 31.2. The second-order valence-electron chi connectivity index (χ2n) is 5.29. The lowest BCUT2D eigenvalue weighted by Gasteiger charge is -2.09. The smallest absolute Gasteiger partial charge is 0.338 e. The standard InChI is InChI=1S/C17H13Cl2N3O3/c18-10-3-4-21-15(6-10)16(23)12(19)8-25-17(24)9-1-2-11-13(20)7-22-14(11)5-9/h1-7,12,22H,8,20H2. The lowest BCUT2D eigenvalue weighted by atomic mass is 10.1. The van der Waals surface area contributed by atoms with Gasteiger partial charge in [-0.15, -0.1) is 11.6 Å². The van der Waals surface area contributed by atoms with Crippen LogP contribution >= 0.6 is 23.2 Å². The van der Waals surface area contributed by atoms with Gasteiger partial charge in [0.2, 0.25) is 5.78 Å². The van der Waals surface area contributed by atoms with Gasteiger partial charge in [0.15, 0.2) is 0 Å². The number of nitrogen functional groups attached to an aromatic ring is 1. The fourth-order valence-electron chi connectivity index (χ4n) is 2.28. The number of carbonyl (C=O) groups excluding carboxylic acids is 2. The highest BCUT2D eigenvalue weighted by molar-refractivity contribution is 6.34. The zero-order valence-corrected chi connectivity index (χ0v) is 14.3. The van der Waals surface area contributed by atoms with Gasteiger partial charge in [0.1, 0.15) is 17.7 Å². The number of hydrogen-bond acceptors (Lipinski definition) is 5. The lowest BCUT2D eigenvalue weighted by molar-refractivity contribution is 0.0500. The molecule has 2 heterocycles. The van der Waals surface area contributed by atoms with Crippen molar-refractivity contribution in [2.45, 2.75) is 5.38 Å². The number of anilines is 1. The number of Topliss-reactive ketones (excluding diaryl/α,β-unsaturated/α-hetero) is 1. The maximum absolute atomic E-state index is 12.2. The van der Waals surface area contributed by atoms with Gasteiger partial charge in [-0.05, 0) is 30.3 Å². The van der Waals surface area contributed by atoms with E-state index in [1.807, 2.05) is 0 Å². The van der Waals surface area contributed by atoms with Crippen LogP contribution in [0.4, 0.5) is 5.69 Å². The number of nitrogens with one attached hydrogen (secondary N) is 1. The summed E-state index contributed by atoms with van der Waals surface area (Å²) < 4.78 is 5.12. The summed E-state index contributed by atoms with van der Waals surface area (Å²) in [6.07, 6.45) is 3.05. The molecule has 6 nitrogen and oxygen atoms in total. The first kappa shape index (κ1) is 17.3. The number of esters is 1. The molecule has 1 unspecified atom stereocenters. The minimum absolute atomic E-state index is 0.117. The first-order valence-electron chi connectivity index (χ1n) is 7.29. The minimum atomic E-state index is -1.06. The molecule has 0 aliphatic rings. The fourth-order valence-corrected chi connectivity index (χ4v) is 2.62. The van der Waals surface area contributed by atoms with Crippen LogP contribution in [0.5, 0.6) is 0 Å². The Bertz CT molecular complexity index is 955. The Kier molecular flexibility index (Phi) is 4.92. The fraction of sp³-hybridized carbons (Fsp3) is 0.118. The molecule has 3 aromatic rings. The molecule has 0 saturated carbocycles. The number of rotatable bonds is 5. The summed E-state index contributed by atoms with van der Waals surface area (Å²) in [6.45, 7) is -0.279. The summed E-state index contributed by atoms with van der Waals surface area (Å²) >= 11 is 11.8. The van der Waals surface area contributed by atoms with E-state index < -0.39 is 17.1 Å². The van der Waals surface area contributed by atoms with Crippen LogP contribution in [0, 0.1) is 0 Å². The van der Waals surface area contributed by atoms with E-state index in [-0.39, 0.29) is 12.3 Å². The average Bonchev–Trinajstić information content (AvgIpc) is 2.99. The quantitative estimate of drug-likeness (QED) is 0.403. The molecule has 25 heavy (non-hydrogen) atoms. The van der Waals surface area contributed by atoms with E-state index >= 15 is 0 Å². The van der Waals surface area contributed by atoms with E-state index in [2.05, 4.69) is 9.97 Å². The monoisotopic (exact) mass is 377 g/mol. The number of fused-ring (bicyclic) bond motifs is 1. The molecule has 3 N–H and O–H groups in total. The zero-order chi connectivity index (χ0) is 18.0. The normalized spacial score (nSPS) is 12.1. The van der Waals surface area contributed by atoms with E-state index in [1.165, 1.54) is 12.3 Å². The van der Waals surface area contributed by atoms with Gasteiger partial charge in [-0.2, -0.15) is 0 Å². The molecule has 0 aliphatic heterocycles. The number of aromatic amines is 1. The molecule has 0 bridgehead atoms. The second-order valence-corrected chi connectivity index (χ2v) is 6.26. The van der Waals surface area contributed by atoms with E-state index in [9.17, 15) is 9.59 Å². The molecule has 1 aromatic carbocycles. The number of H-pyrrole nitrogens is 1. The van der Waals surface area contributed by atoms with Crippen LogP contribution in [-0.2, 0) is 4.74 Å². The molecule has 8 heteroatoms. The minimum Gasteiger partial charge on any atom is -0.460 e. The van der Waals surface area contributed by atoms with Gasteiger partial charge in [-0.1, -0.05) is 11.6 Å². The number of alkyl halides is 1. The maximum atomic E-state index is 12.2. The van der Waals surface area contributed by atoms with Crippen LogP contribution in [0.25, 0.3) is 10.9 Å². The van der Waals surface area contributed by atoms with Crippen molar-refractivity contribution in [3.05, 3.63) is 59.0 Å². The van der Waals surface area contributed by atoms with Crippen LogP contribution < -0.4 is 5.73 Å². The van der Waals surface area contributed by atoms with Gasteiger partial charge in [-0.25, -0.2) is 4.79 Å². The number of benzene rings is 1. The first-order chi connectivity index (χ1) is 12.0. The molecule has 128 valence electrons. The molecular weight excluding hydrogens is 365 g/mol. The van der Waals surface area contributed by atoms with Gasteiger partial charge in [0, 0.05) is 28.3 Å². The Morgan fingerprint density at radius 1 is 1.28 bits per heavy atom. The van der Waals surface area contributed by atoms with Gasteiger partial charge in [0.05, 0.1) is 11.3 Å². The van der Waals surface area contributed by atoms with Crippen molar-refractivity contribution in [2.75, 3.05) is 12.3 Å². The summed E-state index contributed by atoms with van der Waals surface area (Å²) in [7, 11) is 0. The summed E-state index contributed by atoms with van der Waals surface area (Å²) in [5.74, 6) is -1.06. The Labute approximate surface area is 152 Å². The van der Waals surface area contributed by atoms with Gasteiger partial charge in [-0.3, -0.25) is 9.78 Å². The van der Waals surface area contributed by atoms with Gasteiger partial charge >= 0.3 is 5.97 Å². The summed E-state index contributed by atoms with van der Waals surface area (Å²) in [5.41, 5.74) is 7.53. The first-order valence-corrected chi connectivity index (χ1v) is 8.10. The highest BCUT2D eigenvalue weighted by Gasteiger charge is 2.21. The third-order valence-electron chi connectivity index (χ3n) is 3.57. The third-order valence-corrected chi connectivity index (χ3v) is 4.13. The van der Waals surface area contributed by atoms with Crippen LogP contribution in [0.2, 0.25) is 5.02 Å². The van der Waals surface area contributed by atoms with Crippen molar-refractivity contribution >= 4 is 51.5 Å². The van der Waals surface area contributed by atoms with Crippen LogP contribution in [0.15, 0.2) is 42.7 Å². The predicted molar refractivity (Wildman–Crippen MR) is 96.2 cm³/mol. The van der Waals surface area contributed by atoms with Crippen molar-refractivity contribution in [3.8, 4) is 0 Å². The number of pyridine rings is 1. The Hall–Kier alpha value is -2.57. The number of hydrogen-bond donors (Lipinski definition) is 2. The van der Waals surface area contributed by atoms with E-state index in [0.717, 1.165) is 5.39 Å². The average molecular weight is 378 g/mol. The van der Waals surface area contributed by atoms with Crippen molar-refractivity contribution in [1.29, 1.82) is 0 Å². The molecule has 0 radical (unpaired) electrons. The molecule has 2 aromatic heterocycles. The molecule has 0 amide bonds. The molecule has 0 aliphatic carbocycles. The summed E-state index contributed by atoms with van der Waals surface area (Å²) in [6, 6.07) is 7.89. The van der Waals surface area contributed by atoms with Crippen molar-refractivity contribution in [1.82, 2.24) is 9.97 Å². The highest BCUT2D eigenvalue weighted by atomic mass is 35.5. The predicted octanol–water partition coefficient (Wildman–Crippen LogP) is 3.45. The number of ketones is 1. The second kappa shape index (κ2) is 7.13. The summed E-state index contributed by atoms with van der Waals surface area (Å²) in [5, 5.41) is 0.131. The Morgan fingerprint density at radius 3 is 2.84 bits per heavy atom. The Balaban J connectivity index is 1.65. The number of nitrogens with zero attached hydrogens (tertiary/aromatic N) is 1.